The molecule has 1 amide bonds. The summed E-state index contributed by atoms with van der Waals surface area (Å²) >= 11 is 0. The highest BCUT2D eigenvalue weighted by Gasteiger charge is 2.13. The first-order valence-corrected chi connectivity index (χ1v) is 6.47. The molecule has 1 unspecified atom stereocenters. The van der Waals surface area contributed by atoms with Crippen molar-refractivity contribution in [3.63, 3.8) is 0 Å². The number of amides is 1. The molecule has 19 heavy (non-hydrogen) atoms. The molecule has 6 nitrogen and oxygen atoms in total. The average molecular weight is 264 g/mol. The summed E-state index contributed by atoms with van der Waals surface area (Å²) in [6, 6.07) is 3.74. The van der Waals surface area contributed by atoms with Gasteiger partial charge in [-0.05, 0) is 19.1 Å². The second-order valence-corrected chi connectivity index (χ2v) is 4.75. The maximum atomic E-state index is 10.9. The SMILES string of the molecule is CC(CN1CCOCC1)Nc1ccc(C(N)=O)cn1. The Hall–Kier alpha value is -1.66. The standard InChI is InChI=1S/C13H20N4O2/c1-10(9-17-4-6-19-7-5-17)16-12-3-2-11(8-15-12)13(14)18/h2-3,8,10H,4-7,9H2,1H3,(H2,14,18)(H,15,16). The van der Waals surface area contributed by atoms with Crippen molar-refractivity contribution >= 4 is 11.7 Å². The van der Waals surface area contributed by atoms with Crippen molar-refractivity contribution in [1.29, 1.82) is 0 Å². The number of nitrogens with zero attached hydrogens (tertiary/aromatic N) is 2. The molecular weight excluding hydrogens is 244 g/mol. The molecule has 2 heterocycles. The van der Waals surface area contributed by atoms with Gasteiger partial charge in [-0.15, -0.1) is 0 Å². The summed E-state index contributed by atoms with van der Waals surface area (Å²) in [5.41, 5.74) is 5.59. The fourth-order valence-corrected chi connectivity index (χ4v) is 2.09. The van der Waals surface area contributed by atoms with Gasteiger partial charge in [0.15, 0.2) is 0 Å². The molecule has 1 atom stereocenters. The molecule has 1 aliphatic rings. The van der Waals surface area contributed by atoms with Gasteiger partial charge in [0.25, 0.3) is 0 Å². The maximum Gasteiger partial charge on any atom is 0.250 e. The zero-order chi connectivity index (χ0) is 13.7. The first-order chi connectivity index (χ1) is 9.15. The van der Waals surface area contributed by atoms with Gasteiger partial charge in [0, 0.05) is 31.9 Å². The highest BCUT2D eigenvalue weighted by atomic mass is 16.5. The number of nitrogens with two attached hydrogens (primary N) is 1. The van der Waals surface area contributed by atoms with E-state index in [-0.39, 0.29) is 6.04 Å². The minimum absolute atomic E-state index is 0.282. The molecule has 1 aromatic rings. The van der Waals surface area contributed by atoms with Crippen molar-refractivity contribution in [1.82, 2.24) is 9.88 Å². The van der Waals surface area contributed by atoms with Crippen LogP contribution >= 0.6 is 0 Å². The molecule has 1 fully saturated rings. The number of ether oxygens (including phenoxy) is 1. The molecule has 0 aliphatic carbocycles. The van der Waals surface area contributed by atoms with Gasteiger partial charge in [-0.25, -0.2) is 4.98 Å². The summed E-state index contributed by atoms with van der Waals surface area (Å²) in [5.74, 6) is 0.297. The van der Waals surface area contributed by atoms with E-state index < -0.39 is 5.91 Å². The van der Waals surface area contributed by atoms with Gasteiger partial charge in [-0.1, -0.05) is 0 Å². The number of aromatic nitrogens is 1. The van der Waals surface area contributed by atoms with Crippen molar-refractivity contribution in [3.05, 3.63) is 23.9 Å². The summed E-state index contributed by atoms with van der Waals surface area (Å²) in [4.78, 5) is 17.5. The largest absolute Gasteiger partial charge is 0.379 e. The van der Waals surface area contributed by atoms with Gasteiger partial charge in [0.2, 0.25) is 5.91 Å². The molecule has 0 bridgehead atoms. The number of carbonyl (C=O) groups is 1. The molecule has 0 radical (unpaired) electrons. The lowest BCUT2D eigenvalue weighted by Crippen LogP contribution is -2.42. The van der Waals surface area contributed by atoms with Crippen LogP contribution in [0.5, 0.6) is 0 Å². The van der Waals surface area contributed by atoms with Crippen LogP contribution in [0.3, 0.4) is 0 Å². The van der Waals surface area contributed by atoms with Crippen LogP contribution in [0.4, 0.5) is 5.82 Å². The Kier molecular flexibility index (Phi) is 4.70. The van der Waals surface area contributed by atoms with Crippen LogP contribution in [0.15, 0.2) is 18.3 Å². The molecule has 1 aromatic heterocycles. The lowest BCUT2D eigenvalue weighted by molar-refractivity contribution is 0.0368. The van der Waals surface area contributed by atoms with Crippen LogP contribution in [0, 0.1) is 0 Å². The summed E-state index contributed by atoms with van der Waals surface area (Å²) in [6.07, 6.45) is 1.49. The fraction of sp³-hybridized carbons (Fsp3) is 0.538. The molecular formula is C13H20N4O2. The Bertz CT molecular complexity index is 415. The smallest absolute Gasteiger partial charge is 0.250 e. The molecule has 0 saturated carbocycles. The van der Waals surface area contributed by atoms with Crippen LogP contribution in [0.25, 0.3) is 0 Å². The number of primary amides is 1. The minimum Gasteiger partial charge on any atom is -0.379 e. The fourth-order valence-electron chi connectivity index (χ4n) is 2.09. The Morgan fingerprint density at radius 3 is 2.84 bits per heavy atom. The number of hydrogen-bond acceptors (Lipinski definition) is 5. The summed E-state index contributed by atoms with van der Waals surface area (Å²) < 4.78 is 5.32. The first kappa shape index (κ1) is 13.8. The molecule has 1 aliphatic heterocycles. The van der Waals surface area contributed by atoms with E-state index in [1.165, 1.54) is 6.20 Å². The zero-order valence-corrected chi connectivity index (χ0v) is 11.1. The second kappa shape index (κ2) is 6.49. The number of anilines is 1. The summed E-state index contributed by atoms with van der Waals surface area (Å²) in [6.45, 7) is 6.61. The van der Waals surface area contributed by atoms with E-state index in [9.17, 15) is 4.79 Å². The third kappa shape index (κ3) is 4.18. The van der Waals surface area contributed by atoms with Gasteiger partial charge in [-0.3, -0.25) is 9.69 Å². The van der Waals surface area contributed by atoms with E-state index in [1.54, 1.807) is 12.1 Å². The number of carbonyl (C=O) groups excluding carboxylic acids is 1. The molecule has 2 rings (SSSR count). The summed E-state index contributed by atoms with van der Waals surface area (Å²) in [5, 5.41) is 3.31. The predicted octanol–water partition coefficient (Wildman–Crippen LogP) is 0.313. The Morgan fingerprint density at radius 2 is 2.26 bits per heavy atom. The van der Waals surface area contributed by atoms with E-state index in [4.69, 9.17) is 10.5 Å². The van der Waals surface area contributed by atoms with E-state index in [0.29, 0.717) is 5.56 Å². The lowest BCUT2D eigenvalue weighted by atomic mass is 10.2. The average Bonchev–Trinajstić information content (AvgIpc) is 2.40. The number of pyridine rings is 1. The van der Waals surface area contributed by atoms with Crippen molar-refractivity contribution in [2.24, 2.45) is 5.73 Å². The summed E-state index contributed by atoms with van der Waals surface area (Å²) in [7, 11) is 0. The lowest BCUT2D eigenvalue weighted by Gasteiger charge is -2.29. The third-order valence-corrected chi connectivity index (χ3v) is 3.08. The molecule has 0 aromatic carbocycles. The quantitative estimate of drug-likeness (QED) is 0.800. The second-order valence-electron chi connectivity index (χ2n) is 4.75. The van der Waals surface area contributed by atoms with Crippen LogP contribution in [-0.4, -0.2) is 54.7 Å². The van der Waals surface area contributed by atoms with Crippen molar-refractivity contribution in [3.8, 4) is 0 Å². The van der Waals surface area contributed by atoms with Gasteiger partial charge in [0.05, 0.1) is 18.8 Å². The third-order valence-electron chi connectivity index (χ3n) is 3.08. The molecule has 104 valence electrons. The highest BCUT2D eigenvalue weighted by molar-refractivity contribution is 5.92. The van der Waals surface area contributed by atoms with Crippen LogP contribution in [-0.2, 0) is 4.74 Å². The van der Waals surface area contributed by atoms with Crippen LogP contribution < -0.4 is 11.1 Å². The van der Waals surface area contributed by atoms with E-state index in [1.807, 2.05) is 0 Å². The normalized spacial score (nSPS) is 17.9. The Balaban J connectivity index is 1.83. The minimum atomic E-state index is -0.458. The van der Waals surface area contributed by atoms with E-state index in [2.05, 4.69) is 22.1 Å². The van der Waals surface area contributed by atoms with Crippen LogP contribution in [0.1, 0.15) is 17.3 Å². The van der Waals surface area contributed by atoms with Gasteiger partial charge in [0.1, 0.15) is 5.82 Å². The van der Waals surface area contributed by atoms with Crippen molar-refractivity contribution in [2.75, 3.05) is 38.2 Å². The molecule has 3 N–H and O–H groups in total. The molecule has 1 saturated heterocycles. The van der Waals surface area contributed by atoms with Crippen molar-refractivity contribution in [2.45, 2.75) is 13.0 Å². The molecule has 0 spiro atoms. The van der Waals surface area contributed by atoms with Gasteiger partial charge < -0.3 is 15.8 Å². The Labute approximate surface area is 112 Å². The van der Waals surface area contributed by atoms with E-state index >= 15 is 0 Å². The predicted molar refractivity (Wildman–Crippen MR) is 73.1 cm³/mol. The van der Waals surface area contributed by atoms with Gasteiger partial charge >= 0.3 is 0 Å². The number of morpholine rings is 1. The zero-order valence-electron chi connectivity index (χ0n) is 11.1. The topological polar surface area (TPSA) is 80.5 Å². The van der Waals surface area contributed by atoms with Crippen LogP contribution in [0.2, 0.25) is 0 Å². The maximum absolute atomic E-state index is 10.9. The van der Waals surface area contributed by atoms with Crippen molar-refractivity contribution < 1.29 is 9.53 Å². The van der Waals surface area contributed by atoms with Gasteiger partial charge in [-0.2, -0.15) is 0 Å². The molecule has 6 heteroatoms. The first-order valence-electron chi connectivity index (χ1n) is 6.47. The number of hydrogen-bond donors (Lipinski definition) is 2. The highest BCUT2D eigenvalue weighted by Crippen LogP contribution is 2.07. The monoisotopic (exact) mass is 264 g/mol. The Morgan fingerprint density at radius 1 is 1.53 bits per heavy atom. The number of nitrogens with one attached hydrogen (secondary N) is 1. The number of rotatable bonds is 5. The van der Waals surface area contributed by atoms with E-state index in [0.717, 1.165) is 38.7 Å².